The monoisotopic (exact) mass is 372 g/mol. The predicted octanol–water partition coefficient (Wildman–Crippen LogP) is 4.14. The van der Waals surface area contributed by atoms with Crippen LogP contribution in [-0.4, -0.2) is 25.9 Å². The van der Waals surface area contributed by atoms with E-state index < -0.39 is 0 Å². The summed E-state index contributed by atoms with van der Waals surface area (Å²) < 4.78 is 2.20. The van der Waals surface area contributed by atoms with Crippen LogP contribution in [0.4, 0.5) is 0 Å². The molecule has 0 spiro atoms. The standard InChI is InChI=1S/C20H28N4OS/c1-3-10-17(16-11-6-4-7-12-16)21-19(25)15(2)26-20-23-22-18-13-8-5-9-14-24(18)20/h4,6-7,11-12,15,17H,3,5,8-10,13-14H2,1-2H3,(H,21,25)/t15-,17+/m1/s1. The molecule has 0 radical (unpaired) electrons. The van der Waals surface area contributed by atoms with Gasteiger partial charge in [-0.05, 0) is 31.7 Å². The Morgan fingerprint density at radius 2 is 2.04 bits per heavy atom. The summed E-state index contributed by atoms with van der Waals surface area (Å²) in [6.07, 6.45) is 6.52. The van der Waals surface area contributed by atoms with Crippen molar-refractivity contribution in [2.24, 2.45) is 0 Å². The highest BCUT2D eigenvalue weighted by molar-refractivity contribution is 8.00. The summed E-state index contributed by atoms with van der Waals surface area (Å²) in [4.78, 5) is 12.8. The molecule has 1 N–H and O–H groups in total. The quantitative estimate of drug-likeness (QED) is 0.742. The van der Waals surface area contributed by atoms with E-state index in [0.717, 1.165) is 48.8 Å². The SMILES string of the molecule is CCC[C@H](NC(=O)[C@@H](C)Sc1nnc2n1CCCCC2)c1ccccc1. The van der Waals surface area contributed by atoms with Crippen LogP contribution < -0.4 is 5.32 Å². The largest absolute Gasteiger partial charge is 0.348 e. The second-order valence-corrected chi connectivity index (χ2v) is 8.19. The van der Waals surface area contributed by atoms with E-state index in [-0.39, 0.29) is 17.2 Å². The summed E-state index contributed by atoms with van der Waals surface area (Å²) in [5, 5.41) is 12.6. The molecule has 1 aromatic heterocycles. The molecule has 5 nitrogen and oxygen atoms in total. The first-order valence-corrected chi connectivity index (χ1v) is 10.5. The van der Waals surface area contributed by atoms with Crippen LogP contribution in [0.1, 0.15) is 63.4 Å². The summed E-state index contributed by atoms with van der Waals surface area (Å²) in [5.41, 5.74) is 1.16. The van der Waals surface area contributed by atoms with Crippen molar-refractivity contribution in [3.05, 3.63) is 41.7 Å². The zero-order valence-corrected chi connectivity index (χ0v) is 16.5. The highest BCUT2D eigenvalue weighted by atomic mass is 32.2. The smallest absolute Gasteiger partial charge is 0.233 e. The first-order valence-electron chi connectivity index (χ1n) is 9.63. The van der Waals surface area contributed by atoms with E-state index >= 15 is 0 Å². The van der Waals surface area contributed by atoms with Gasteiger partial charge in [0.1, 0.15) is 5.82 Å². The lowest BCUT2D eigenvalue weighted by atomic mass is 10.0. The fourth-order valence-corrected chi connectivity index (χ4v) is 4.25. The minimum Gasteiger partial charge on any atom is -0.348 e. The Balaban J connectivity index is 1.65. The average Bonchev–Trinajstić information content (AvgIpc) is 2.88. The number of hydrogen-bond acceptors (Lipinski definition) is 4. The molecule has 3 rings (SSSR count). The van der Waals surface area contributed by atoms with E-state index in [2.05, 4.69) is 39.1 Å². The van der Waals surface area contributed by atoms with Gasteiger partial charge in [-0.15, -0.1) is 10.2 Å². The molecule has 1 aliphatic rings. The van der Waals surface area contributed by atoms with Crippen molar-refractivity contribution >= 4 is 17.7 Å². The van der Waals surface area contributed by atoms with E-state index in [0.29, 0.717) is 0 Å². The van der Waals surface area contributed by atoms with Gasteiger partial charge >= 0.3 is 0 Å². The lowest BCUT2D eigenvalue weighted by Gasteiger charge is -2.21. The van der Waals surface area contributed by atoms with Crippen LogP contribution in [0, 0.1) is 0 Å². The minimum atomic E-state index is -0.199. The van der Waals surface area contributed by atoms with Crippen molar-refractivity contribution < 1.29 is 4.79 Å². The van der Waals surface area contributed by atoms with Gasteiger partial charge in [-0.1, -0.05) is 61.9 Å². The molecular formula is C20H28N4OS. The maximum Gasteiger partial charge on any atom is 0.233 e. The molecule has 0 fully saturated rings. The summed E-state index contributed by atoms with van der Waals surface area (Å²) in [6.45, 7) is 5.06. The fourth-order valence-electron chi connectivity index (χ4n) is 3.34. The van der Waals surface area contributed by atoms with Crippen LogP contribution in [-0.2, 0) is 17.8 Å². The zero-order valence-electron chi connectivity index (χ0n) is 15.6. The molecule has 1 aliphatic heterocycles. The molecule has 2 aromatic rings. The fraction of sp³-hybridized carbons (Fsp3) is 0.550. The molecule has 140 valence electrons. The average molecular weight is 373 g/mol. The number of thioether (sulfide) groups is 1. The Morgan fingerprint density at radius 3 is 2.81 bits per heavy atom. The van der Waals surface area contributed by atoms with E-state index in [1.165, 1.54) is 24.6 Å². The highest BCUT2D eigenvalue weighted by Gasteiger charge is 2.23. The molecule has 1 aromatic carbocycles. The van der Waals surface area contributed by atoms with Gasteiger partial charge in [0.15, 0.2) is 5.16 Å². The Hall–Kier alpha value is -1.82. The lowest BCUT2D eigenvalue weighted by molar-refractivity contribution is -0.121. The molecule has 0 aliphatic carbocycles. The highest BCUT2D eigenvalue weighted by Crippen LogP contribution is 2.26. The normalized spacial score (nSPS) is 16.4. The Morgan fingerprint density at radius 1 is 1.23 bits per heavy atom. The first-order chi connectivity index (χ1) is 12.7. The second-order valence-electron chi connectivity index (χ2n) is 6.88. The third-order valence-electron chi connectivity index (χ3n) is 4.82. The number of nitrogens with zero attached hydrogens (tertiary/aromatic N) is 3. The maximum absolute atomic E-state index is 12.8. The molecular weight excluding hydrogens is 344 g/mol. The van der Waals surface area contributed by atoms with Gasteiger partial charge in [-0.2, -0.15) is 0 Å². The maximum atomic E-state index is 12.8. The van der Waals surface area contributed by atoms with Gasteiger partial charge in [0, 0.05) is 13.0 Å². The molecule has 2 heterocycles. The van der Waals surface area contributed by atoms with Crippen molar-refractivity contribution in [2.45, 2.75) is 75.4 Å². The van der Waals surface area contributed by atoms with Crippen molar-refractivity contribution in [1.29, 1.82) is 0 Å². The summed E-state index contributed by atoms with van der Waals surface area (Å²) >= 11 is 1.51. The number of amides is 1. The van der Waals surface area contributed by atoms with Crippen molar-refractivity contribution in [3.8, 4) is 0 Å². The number of benzene rings is 1. The summed E-state index contributed by atoms with van der Waals surface area (Å²) in [5.74, 6) is 1.12. The van der Waals surface area contributed by atoms with Crippen molar-refractivity contribution in [1.82, 2.24) is 20.1 Å². The molecule has 0 bridgehead atoms. The van der Waals surface area contributed by atoms with Gasteiger partial charge in [0.05, 0.1) is 11.3 Å². The van der Waals surface area contributed by atoms with Gasteiger partial charge in [0.2, 0.25) is 5.91 Å². The van der Waals surface area contributed by atoms with E-state index in [1.807, 2.05) is 25.1 Å². The predicted molar refractivity (Wildman–Crippen MR) is 105 cm³/mol. The topological polar surface area (TPSA) is 59.8 Å². The molecule has 0 saturated heterocycles. The van der Waals surface area contributed by atoms with Crippen molar-refractivity contribution in [3.63, 3.8) is 0 Å². The van der Waals surface area contributed by atoms with Crippen LogP contribution in [0.15, 0.2) is 35.5 Å². The van der Waals surface area contributed by atoms with Gasteiger partial charge in [-0.25, -0.2) is 0 Å². The Kier molecular flexibility index (Phi) is 6.72. The second kappa shape index (κ2) is 9.21. The van der Waals surface area contributed by atoms with Crippen molar-refractivity contribution in [2.75, 3.05) is 0 Å². The molecule has 1 amide bonds. The van der Waals surface area contributed by atoms with Crippen LogP contribution in [0.5, 0.6) is 0 Å². The first kappa shape index (κ1) is 19.0. The van der Waals surface area contributed by atoms with Crippen LogP contribution in [0.25, 0.3) is 0 Å². The van der Waals surface area contributed by atoms with Gasteiger partial charge in [0.25, 0.3) is 0 Å². The number of carbonyl (C=O) groups excluding carboxylic acids is 1. The van der Waals surface area contributed by atoms with E-state index in [1.54, 1.807) is 0 Å². The van der Waals surface area contributed by atoms with Crippen LogP contribution in [0.3, 0.4) is 0 Å². The number of nitrogens with one attached hydrogen (secondary N) is 1. The number of carbonyl (C=O) groups is 1. The Labute approximate surface area is 160 Å². The molecule has 6 heteroatoms. The minimum absolute atomic E-state index is 0.0586. The summed E-state index contributed by atoms with van der Waals surface area (Å²) in [6, 6.07) is 10.3. The Bertz CT molecular complexity index is 716. The molecule has 26 heavy (non-hydrogen) atoms. The van der Waals surface area contributed by atoms with Crippen LogP contribution >= 0.6 is 11.8 Å². The zero-order chi connectivity index (χ0) is 18.4. The van der Waals surface area contributed by atoms with Gasteiger partial charge < -0.3 is 9.88 Å². The number of aryl methyl sites for hydroxylation is 1. The molecule has 2 atom stereocenters. The summed E-state index contributed by atoms with van der Waals surface area (Å²) in [7, 11) is 0. The van der Waals surface area contributed by atoms with E-state index in [4.69, 9.17) is 0 Å². The van der Waals surface area contributed by atoms with Crippen LogP contribution in [0.2, 0.25) is 0 Å². The number of hydrogen-bond donors (Lipinski definition) is 1. The number of rotatable bonds is 7. The third kappa shape index (κ3) is 4.67. The molecule has 0 saturated carbocycles. The molecule has 0 unspecified atom stereocenters. The van der Waals surface area contributed by atoms with Gasteiger partial charge in [-0.3, -0.25) is 4.79 Å². The lowest BCUT2D eigenvalue weighted by Crippen LogP contribution is -2.34. The van der Waals surface area contributed by atoms with E-state index in [9.17, 15) is 4.79 Å². The number of aromatic nitrogens is 3. The third-order valence-corrected chi connectivity index (χ3v) is 5.90. The number of fused-ring (bicyclic) bond motifs is 1.